The normalized spacial score (nSPS) is 12.2. The fourth-order valence-corrected chi connectivity index (χ4v) is 3.85. The average molecular weight is 408 g/mol. The summed E-state index contributed by atoms with van der Waals surface area (Å²) in [6.07, 6.45) is 3.78. The highest BCUT2D eigenvalue weighted by Gasteiger charge is 2.23. The second kappa shape index (κ2) is 8.06. The maximum Gasteiger partial charge on any atom is 0.375 e. The number of anilines is 1. The molecular weight excluding hydrogens is 388 g/mol. The van der Waals surface area contributed by atoms with Gasteiger partial charge in [0, 0.05) is 24.1 Å². The zero-order valence-electron chi connectivity index (χ0n) is 15.6. The molecule has 0 bridgehead atoms. The summed E-state index contributed by atoms with van der Waals surface area (Å²) in [4.78, 5) is 0. The van der Waals surface area contributed by atoms with Gasteiger partial charge in [-0.25, -0.2) is 8.42 Å². The second-order valence-electron chi connectivity index (χ2n) is 6.68. The van der Waals surface area contributed by atoms with Crippen molar-refractivity contribution < 1.29 is 22.0 Å². The van der Waals surface area contributed by atoms with Crippen LogP contribution < -0.4 is 9.88 Å². The molecule has 3 aromatic carbocycles. The molecule has 4 aromatic rings. The van der Waals surface area contributed by atoms with Crippen LogP contribution in [0.25, 0.3) is 27.9 Å². The van der Waals surface area contributed by atoms with Gasteiger partial charge in [0.25, 0.3) is 5.52 Å². The minimum atomic E-state index is -4.26. The number of fused-ring (bicyclic) bond motifs is 3. The summed E-state index contributed by atoms with van der Waals surface area (Å²) in [7, 11) is -4.26. The van der Waals surface area contributed by atoms with Gasteiger partial charge in [-0.15, -0.1) is 0 Å². The van der Waals surface area contributed by atoms with Crippen molar-refractivity contribution in [2.75, 3.05) is 11.1 Å². The van der Waals surface area contributed by atoms with E-state index in [0.29, 0.717) is 18.0 Å². The van der Waals surface area contributed by atoms with Crippen molar-refractivity contribution in [1.82, 2.24) is 0 Å². The lowest BCUT2D eigenvalue weighted by molar-refractivity contribution is -0.677. The number of oxazole rings is 1. The molecule has 1 N–H and O–H groups in total. The van der Waals surface area contributed by atoms with Gasteiger partial charge in [-0.1, -0.05) is 42.5 Å². The lowest BCUT2D eigenvalue weighted by atomic mass is 10.1. The summed E-state index contributed by atoms with van der Waals surface area (Å²) < 4.78 is 41.1. The van der Waals surface area contributed by atoms with E-state index in [2.05, 4.69) is 5.32 Å². The zero-order valence-corrected chi connectivity index (χ0v) is 16.4. The van der Waals surface area contributed by atoms with E-state index >= 15 is 0 Å². The highest BCUT2D eigenvalue weighted by atomic mass is 32.2. The summed E-state index contributed by atoms with van der Waals surface area (Å²) >= 11 is 0. The number of aryl methyl sites for hydroxylation is 1. The van der Waals surface area contributed by atoms with E-state index in [1.165, 1.54) is 0 Å². The van der Waals surface area contributed by atoms with Gasteiger partial charge in [0.05, 0.1) is 21.6 Å². The second-order valence-corrected chi connectivity index (χ2v) is 8.21. The lowest BCUT2D eigenvalue weighted by Crippen LogP contribution is -2.36. The van der Waals surface area contributed by atoms with Crippen molar-refractivity contribution in [3.63, 3.8) is 0 Å². The van der Waals surface area contributed by atoms with Crippen molar-refractivity contribution in [2.24, 2.45) is 0 Å². The summed E-state index contributed by atoms with van der Waals surface area (Å²) in [6, 6.07) is 21.5. The Morgan fingerprint density at radius 3 is 2.55 bits per heavy atom. The fraction of sp³-hybridized carbons (Fsp3) is 0.136. The Morgan fingerprint density at radius 2 is 1.76 bits per heavy atom. The van der Waals surface area contributed by atoms with Crippen molar-refractivity contribution >= 4 is 43.8 Å². The molecule has 0 aliphatic carbocycles. The Hall–Kier alpha value is -3.16. The maximum absolute atomic E-state index is 11.0. The Balaban J connectivity index is 1.73. The quantitative estimate of drug-likeness (QED) is 0.370. The Morgan fingerprint density at radius 1 is 1.00 bits per heavy atom. The molecule has 4 rings (SSSR count). The number of para-hydroxylation sites is 1. The molecule has 0 atom stereocenters. The van der Waals surface area contributed by atoms with E-state index in [9.17, 15) is 13.0 Å². The molecule has 148 valence electrons. The van der Waals surface area contributed by atoms with Gasteiger partial charge >= 0.3 is 5.89 Å². The van der Waals surface area contributed by atoms with Crippen LogP contribution >= 0.6 is 0 Å². The van der Waals surface area contributed by atoms with Gasteiger partial charge in [-0.05, 0) is 29.7 Å². The van der Waals surface area contributed by atoms with E-state index in [-0.39, 0.29) is 6.42 Å². The lowest BCUT2D eigenvalue weighted by Gasteiger charge is -2.04. The number of nitrogens with one attached hydrogen (secondary N) is 1. The molecule has 1 aromatic heterocycles. The topological polar surface area (TPSA) is 86.2 Å². The van der Waals surface area contributed by atoms with Crippen LogP contribution in [0.2, 0.25) is 0 Å². The van der Waals surface area contributed by atoms with Crippen molar-refractivity contribution in [2.45, 2.75) is 13.0 Å². The highest BCUT2D eigenvalue weighted by Crippen LogP contribution is 2.25. The standard InChI is InChI=1S/C22H20N2O4S/c25-29(26,27)16-6-15-24-21(13-14-23-18-8-2-1-3-9-18)28-20-12-11-17-7-4-5-10-19(17)22(20)24/h1-5,7-14H,6,15-16H2,(H,25,26,27). The molecular formula is C22H20N2O4S. The largest absolute Gasteiger partial charge is 0.748 e. The third kappa shape index (κ3) is 4.47. The third-order valence-corrected chi connectivity index (χ3v) is 5.43. The van der Waals surface area contributed by atoms with E-state index in [1.54, 1.807) is 12.3 Å². The van der Waals surface area contributed by atoms with Crippen LogP contribution in [0.3, 0.4) is 0 Å². The molecule has 0 saturated carbocycles. The van der Waals surface area contributed by atoms with Gasteiger partial charge in [0.1, 0.15) is 0 Å². The average Bonchev–Trinajstić information content (AvgIpc) is 3.06. The molecule has 29 heavy (non-hydrogen) atoms. The van der Waals surface area contributed by atoms with Crippen LogP contribution in [0, 0.1) is 0 Å². The van der Waals surface area contributed by atoms with Crippen molar-refractivity contribution in [3.8, 4) is 0 Å². The molecule has 0 aliphatic heterocycles. The molecule has 6 nitrogen and oxygen atoms in total. The molecule has 0 radical (unpaired) electrons. The predicted octanol–water partition coefficient (Wildman–Crippen LogP) is 3.89. The first kappa shape index (κ1) is 19.2. The third-order valence-electron chi connectivity index (χ3n) is 4.64. The van der Waals surface area contributed by atoms with Gasteiger partial charge in [-0.3, -0.25) is 0 Å². The van der Waals surface area contributed by atoms with Crippen LogP contribution in [0.15, 0.2) is 77.3 Å². The van der Waals surface area contributed by atoms with Crippen molar-refractivity contribution in [1.29, 1.82) is 0 Å². The number of hydrogen-bond acceptors (Lipinski definition) is 5. The minimum absolute atomic E-state index is 0.210. The molecule has 0 saturated heterocycles. The summed E-state index contributed by atoms with van der Waals surface area (Å²) in [6.45, 7) is 0.355. The van der Waals surface area contributed by atoms with Crippen LogP contribution in [-0.2, 0) is 16.7 Å². The molecule has 0 fully saturated rings. The number of aromatic nitrogens is 1. The van der Waals surface area contributed by atoms with E-state index in [1.807, 2.05) is 71.3 Å². The Bertz CT molecular complexity index is 1280. The Kier molecular flexibility index (Phi) is 5.33. The molecule has 0 spiro atoms. The van der Waals surface area contributed by atoms with E-state index in [0.717, 1.165) is 22.0 Å². The Labute approximate surface area is 168 Å². The first-order chi connectivity index (χ1) is 14.0. The maximum atomic E-state index is 11.0. The van der Waals surface area contributed by atoms with E-state index < -0.39 is 15.9 Å². The van der Waals surface area contributed by atoms with Gasteiger partial charge < -0.3 is 14.3 Å². The minimum Gasteiger partial charge on any atom is -0.748 e. The predicted molar refractivity (Wildman–Crippen MR) is 112 cm³/mol. The first-order valence-electron chi connectivity index (χ1n) is 9.27. The zero-order chi connectivity index (χ0) is 20.3. The van der Waals surface area contributed by atoms with Crippen LogP contribution in [0.4, 0.5) is 5.69 Å². The van der Waals surface area contributed by atoms with Gasteiger partial charge in [0.15, 0.2) is 6.54 Å². The van der Waals surface area contributed by atoms with Crippen LogP contribution in [0.1, 0.15) is 12.3 Å². The molecule has 7 heteroatoms. The number of nitrogens with zero attached hydrogens (tertiary/aromatic N) is 1. The molecule has 1 heterocycles. The van der Waals surface area contributed by atoms with Crippen molar-refractivity contribution in [3.05, 3.63) is 78.8 Å². The smallest absolute Gasteiger partial charge is 0.375 e. The monoisotopic (exact) mass is 408 g/mol. The summed E-state index contributed by atoms with van der Waals surface area (Å²) in [5.41, 5.74) is 2.52. The van der Waals surface area contributed by atoms with Crippen LogP contribution in [-0.4, -0.2) is 18.7 Å². The number of rotatable bonds is 7. The fourth-order valence-electron chi connectivity index (χ4n) is 3.36. The SMILES string of the molecule is O=S(=O)([O-])CCC[n+]1c(C=CNc2ccccc2)oc2ccc3ccccc3c21. The molecule has 0 unspecified atom stereocenters. The van der Waals surface area contributed by atoms with Gasteiger partial charge in [-0.2, -0.15) is 4.57 Å². The highest BCUT2D eigenvalue weighted by molar-refractivity contribution is 7.85. The summed E-state index contributed by atoms with van der Waals surface area (Å²) in [5, 5.41) is 5.25. The van der Waals surface area contributed by atoms with Crippen LogP contribution in [0.5, 0.6) is 0 Å². The first-order valence-corrected chi connectivity index (χ1v) is 10.8. The van der Waals surface area contributed by atoms with E-state index in [4.69, 9.17) is 4.42 Å². The number of benzene rings is 3. The van der Waals surface area contributed by atoms with Gasteiger partial charge in [0.2, 0.25) is 5.58 Å². The molecule has 0 aliphatic rings. The summed E-state index contributed by atoms with van der Waals surface area (Å²) in [5.74, 6) is 0.158. The number of hydrogen-bond donors (Lipinski definition) is 1. The molecule has 0 amide bonds.